The quantitative estimate of drug-likeness (QED) is 0.801. The molecule has 17 heavy (non-hydrogen) atoms. The Labute approximate surface area is 99.0 Å². The molecule has 0 saturated carbocycles. The lowest BCUT2D eigenvalue weighted by atomic mass is 10.1. The number of primary amides is 1. The van der Waals surface area contributed by atoms with E-state index in [9.17, 15) is 4.79 Å². The van der Waals surface area contributed by atoms with E-state index in [2.05, 4.69) is 5.10 Å². The number of nitrogens with two attached hydrogens (primary N) is 2. The van der Waals surface area contributed by atoms with Crippen molar-refractivity contribution in [3.8, 4) is 11.1 Å². The SMILES string of the molecule is NCc1cccc(-c2cnn(CC(N)=O)c2)c1. The van der Waals surface area contributed by atoms with Crippen molar-refractivity contribution in [2.75, 3.05) is 0 Å². The number of carbonyl (C=O) groups is 1. The summed E-state index contributed by atoms with van der Waals surface area (Å²) in [4.78, 5) is 10.8. The topological polar surface area (TPSA) is 86.9 Å². The molecule has 5 heteroatoms. The Morgan fingerprint density at radius 3 is 2.88 bits per heavy atom. The van der Waals surface area contributed by atoms with Gasteiger partial charge in [0.2, 0.25) is 5.91 Å². The number of aromatic nitrogens is 2. The highest BCUT2D eigenvalue weighted by atomic mass is 16.1. The molecule has 0 bridgehead atoms. The van der Waals surface area contributed by atoms with E-state index in [0.717, 1.165) is 16.7 Å². The van der Waals surface area contributed by atoms with Crippen molar-refractivity contribution in [2.45, 2.75) is 13.1 Å². The molecule has 0 saturated heterocycles. The summed E-state index contributed by atoms with van der Waals surface area (Å²) in [7, 11) is 0. The van der Waals surface area contributed by atoms with Crippen molar-refractivity contribution < 1.29 is 4.79 Å². The lowest BCUT2D eigenvalue weighted by molar-refractivity contribution is -0.118. The first-order valence-corrected chi connectivity index (χ1v) is 5.29. The second kappa shape index (κ2) is 4.80. The van der Waals surface area contributed by atoms with Gasteiger partial charge in [-0.15, -0.1) is 0 Å². The van der Waals surface area contributed by atoms with Crippen LogP contribution in [0.2, 0.25) is 0 Å². The molecule has 0 atom stereocenters. The first-order chi connectivity index (χ1) is 8.19. The van der Waals surface area contributed by atoms with Gasteiger partial charge in [0.15, 0.2) is 0 Å². The van der Waals surface area contributed by atoms with E-state index in [1.165, 1.54) is 4.68 Å². The zero-order valence-electron chi connectivity index (χ0n) is 9.34. The summed E-state index contributed by atoms with van der Waals surface area (Å²) >= 11 is 0. The van der Waals surface area contributed by atoms with Crippen molar-refractivity contribution in [1.29, 1.82) is 0 Å². The average molecular weight is 230 g/mol. The minimum atomic E-state index is -0.407. The maximum atomic E-state index is 10.8. The summed E-state index contributed by atoms with van der Waals surface area (Å²) in [5.74, 6) is -0.407. The Hall–Kier alpha value is -2.14. The van der Waals surface area contributed by atoms with Gasteiger partial charge in [0.05, 0.1) is 6.20 Å². The Kier molecular flexibility index (Phi) is 3.20. The summed E-state index contributed by atoms with van der Waals surface area (Å²) in [5.41, 5.74) is 13.7. The van der Waals surface area contributed by atoms with E-state index in [4.69, 9.17) is 11.5 Å². The molecule has 0 aliphatic heterocycles. The van der Waals surface area contributed by atoms with Gasteiger partial charge in [-0.25, -0.2) is 0 Å². The van der Waals surface area contributed by atoms with Gasteiger partial charge in [-0.05, 0) is 17.2 Å². The monoisotopic (exact) mass is 230 g/mol. The van der Waals surface area contributed by atoms with Gasteiger partial charge < -0.3 is 11.5 Å². The normalized spacial score (nSPS) is 10.4. The molecule has 0 aliphatic carbocycles. The van der Waals surface area contributed by atoms with Crippen LogP contribution in [0, 0.1) is 0 Å². The van der Waals surface area contributed by atoms with Crippen molar-refractivity contribution >= 4 is 5.91 Å². The molecule has 0 spiro atoms. The molecule has 0 fully saturated rings. The van der Waals surface area contributed by atoms with Crippen LogP contribution in [0.4, 0.5) is 0 Å². The largest absolute Gasteiger partial charge is 0.368 e. The third-order valence-electron chi connectivity index (χ3n) is 2.45. The fourth-order valence-corrected chi connectivity index (χ4v) is 1.64. The number of nitrogens with zero attached hydrogens (tertiary/aromatic N) is 2. The number of hydrogen-bond donors (Lipinski definition) is 2. The van der Waals surface area contributed by atoms with Crippen LogP contribution in [0.5, 0.6) is 0 Å². The summed E-state index contributed by atoms with van der Waals surface area (Å²) in [6, 6.07) is 7.90. The Bertz CT molecular complexity index is 533. The van der Waals surface area contributed by atoms with E-state index in [1.807, 2.05) is 24.3 Å². The molecular formula is C12H14N4O. The molecule has 0 aliphatic rings. The molecular weight excluding hydrogens is 216 g/mol. The highest BCUT2D eigenvalue weighted by Crippen LogP contribution is 2.19. The molecule has 88 valence electrons. The summed E-state index contributed by atoms with van der Waals surface area (Å²) < 4.78 is 1.52. The first kappa shape index (κ1) is 11.3. The van der Waals surface area contributed by atoms with Gasteiger partial charge in [-0.3, -0.25) is 9.48 Å². The van der Waals surface area contributed by atoms with E-state index >= 15 is 0 Å². The fraction of sp³-hybridized carbons (Fsp3) is 0.167. The lowest BCUT2D eigenvalue weighted by Gasteiger charge is -2.00. The number of benzene rings is 1. The minimum absolute atomic E-state index is 0.0938. The highest BCUT2D eigenvalue weighted by Gasteiger charge is 2.04. The predicted octanol–water partition coefficient (Wildman–Crippen LogP) is 0.494. The maximum Gasteiger partial charge on any atom is 0.239 e. The second-order valence-electron chi connectivity index (χ2n) is 3.80. The van der Waals surface area contributed by atoms with Gasteiger partial charge in [-0.2, -0.15) is 5.10 Å². The average Bonchev–Trinajstić information content (AvgIpc) is 2.77. The van der Waals surface area contributed by atoms with Crippen LogP contribution in [0.3, 0.4) is 0 Å². The summed E-state index contributed by atoms with van der Waals surface area (Å²) in [6.45, 7) is 0.597. The maximum absolute atomic E-state index is 10.8. The highest BCUT2D eigenvalue weighted by molar-refractivity contribution is 5.73. The predicted molar refractivity (Wildman–Crippen MR) is 64.7 cm³/mol. The minimum Gasteiger partial charge on any atom is -0.368 e. The molecule has 1 aromatic heterocycles. The van der Waals surface area contributed by atoms with Crippen molar-refractivity contribution in [3.05, 3.63) is 42.2 Å². The summed E-state index contributed by atoms with van der Waals surface area (Å²) in [6.07, 6.45) is 3.50. The number of amides is 1. The van der Waals surface area contributed by atoms with Crippen LogP contribution in [0.1, 0.15) is 5.56 Å². The zero-order chi connectivity index (χ0) is 12.3. The van der Waals surface area contributed by atoms with Crippen LogP contribution < -0.4 is 11.5 Å². The molecule has 5 nitrogen and oxygen atoms in total. The van der Waals surface area contributed by atoms with Crippen molar-refractivity contribution in [1.82, 2.24) is 9.78 Å². The number of carbonyl (C=O) groups excluding carboxylic acids is 1. The molecule has 4 N–H and O–H groups in total. The Balaban J connectivity index is 2.26. The Morgan fingerprint density at radius 1 is 1.35 bits per heavy atom. The van der Waals surface area contributed by atoms with Gasteiger partial charge in [0.1, 0.15) is 6.54 Å². The van der Waals surface area contributed by atoms with E-state index in [0.29, 0.717) is 6.54 Å². The van der Waals surface area contributed by atoms with Crippen LogP contribution in [0.15, 0.2) is 36.7 Å². The Morgan fingerprint density at radius 2 is 2.18 bits per heavy atom. The van der Waals surface area contributed by atoms with Crippen LogP contribution in [-0.4, -0.2) is 15.7 Å². The molecule has 0 radical (unpaired) electrons. The number of rotatable bonds is 4. The first-order valence-electron chi connectivity index (χ1n) is 5.29. The van der Waals surface area contributed by atoms with Crippen molar-refractivity contribution in [2.24, 2.45) is 11.5 Å². The van der Waals surface area contributed by atoms with Crippen LogP contribution in [-0.2, 0) is 17.9 Å². The fourth-order valence-electron chi connectivity index (χ4n) is 1.64. The second-order valence-corrected chi connectivity index (χ2v) is 3.80. The van der Waals surface area contributed by atoms with Gasteiger partial charge in [0, 0.05) is 18.3 Å². The van der Waals surface area contributed by atoms with Gasteiger partial charge in [0.25, 0.3) is 0 Å². The summed E-state index contributed by atoms with van der Waals surface area (Å²) in [5, 5.41) is 4.07. The van der Waals surface area contributed by atoms with Gasteiger partial charge in [-0.1, -0.05) is 18.2 Å². The third kappa shape index (κ3) is 2.70. The zero-order valence-corrected chi connectivity index (χ0v) is 9.34. The van der Waals surface area contributed by atoms with Crippen molar-refractivity contribution in [3.63, 3.8) is 0 Å². The lowest BCUT2D eigenvalue weighted by Crippen LogP contribution is -2.18. The van der Waals surface area contributed by atoms with E-state index < -0.39 is 5.91 Å². The standard InChI is InChI=1S/C12H14N4O/c13-5-9-2-1-3-10(4-9)11-6-15-16(7-11)8-12(14)17/h1-4,6-7H,5,8,13H2,(H2,14,17). The molecule has 2 rings (SSSR count). The smallest absolute Gasteiger partial charge is 0.239 e. The van der Waals surface area contributed by atoms with E-state index in [1.54, 1.807) is 12.4 Å². The molecule has 1 aromatic carbocycles. The molecule has 1 amide bonds. The molecule has 0 unspecified atom stereocenters. The van der Waals surface area contributed by atoms with Crippen LogP contribution >= 0.6 is 0 Å². The van der Waals surface area contributed by atoms with Crippen LogP contribution in [0.25, 0.3) is 11.1 Å². The third-order valence-corrected chi connectivity index (χ3v) is 2.45. The molecule has 2 aromatic rings. The molecule has 1 heterocycles. The van der Waals surface area contributed by atoms with Gasteiger partial charge >= 0.3 is 0 Å². The van der Waals surface area contributed by atoms with E-state index in [-0.39, 0.29) is 6.54 Å². The number of hydrogen-bond acceptors (Lipinski definition) is 3.